The minimum absolute atomic E-state index is 0.243. The molecule has 36 heavy (non-hydrogen) atoms. The van der Waals surface area contributed by atoms with Gasteiger partial charge in [-0.1, -0.05) is 42.5 Å². The quantitative estimate of drug-likeness (QED) is 0.619. The van der Waals surface area contributed by atoms with Crippen molar-refractivity contribution in [3.8, 4) is 0 Å². The molecule has 4 heterocycles. The Morgan fingerprint density at radius 1 is 0.778 bits per heavy atom. The van der Waals surface area contributed by atoms with Crippen LogP contribution >= 0.6 is 0 Å². The van der Waals surface area contributed by atoms with Crippen LogP contribution in [-0.4, -0.2) is 80.4 Å². The normalized spacial score (nSPS) is 24.4. The van der Waals surface area contributed by atoms with Gasteiger partial charge in [0, 0.05) is 69.7 Å². The lowest BCUT2D eigenvalue weighted by atomic mass is 10.0. The molecule has 4 aliphatic heterocycles. The highest BCUT2D eigenvalue weighted by molar-refractivity contribution is 5.60. The summed E-state index contributed by atoms with van der Waals surface area (Å²) < 4.78 is 0. The fourth-order valence-corrected chi connectivity index (χ4v) is 6.13. The molecule has 0 saturated carbocycles. The van der Waals surface area contributed by atoms with E-state index in [1.807, 2.05) is 0 Å². The van der Waals surface area contributed by atoms with E-state index in [0.717, 1.165) is 44.5 Å². The van der Waals surface area contributed by atoms with E-state index >= 15 is 0 Å². The van der Waals surface area contributed by atoms with E-state index in [1.54, 1.807) is 0 Å². The van der Waals surface area contributed by atoms with Crippen LogP contribution in [0.1, 0.15) is 30.9 Å². The van der Waals surface area contributed by atoms with E-state index in [-0.39, 0.29) is 6.04 Å². The Labute approximate surface area is 216 Å². The zero-order chi connectivity index (χ0) is 24.3. The Hall–Kier alpha value is -2.80. The third-order valence-corrected chi connectivity index (χ3v) is 8.31. The van der Waals surface area contributed by atoms with Crippen LogP contribution in [0.4, 0.5) is 11.4 Å². The monoisotopic (exact) mass is 485 g/mol. The Morgan fingerprint density at radius 2 is 1.50 bits per heavy atom. The van der Waals surface area contributed by atoms with Gasteiger partial charge in [0.25, 0.3) is 0 Å². The summed E-state index contributed by atoms with van der Waals surface area (Å²) >= 11 is 0. The van der Waals surface area contributed by atoms with Gasteiger partial charge in [0.05, 0.1) is 12.6 Å². The van der Waals surface area contributed by atoms with E-state index in [9.17, 15) is 0 Å². The van der Waals surface area contributed by atoms with Crippen LogP contribution in [0.5, 0.6) is 0 Å². The number of benzene rings is 2. The molecule has 0 N–H and O–H groups in total. The molecule has 6 heteroatoms. The number of allylic oxidation sites excluding steroid dienone is 2. The lowest BCUT2D eigenvalue weighted by Crippen LogP contribution is -2.52. The van der Waals surface area contributed by atoms with Crippen molar-refractivity contribution in [3.05, 3.63) is 84.2 Å². The number of anilines is 2. The highest BCUT2D eigenvalue weighted by atomic mass is 16.7. The second-order valence-electron chi connectivity index (χ2n) is 10.5. The summed E-state index contributed by atoms with van der Waals surface area (Å²) in [6.07, 6.45) is 10.1. The first-order valence-corrected chi connectivity index (χ1v) is 13.7. The highest BCUT2D eigenvalue weighted by Gasteiger charge is 2.33. The maximum absolute atomic E-state index is 6.17. The molecule has 3 fully saturated rings. The van der Waals surface area contributed by atoms with Crippen molar-refractivity contribution in [2.45, 2.75) is 31.3 Å². The minimum atomic E-state index is 0.243. The highest BCUT2D eigenvalue weighted by Crippen LogP contribution is 2.37. The largest absolute Gasteiger partial charge is 0.371 e. The van der Waals surface area contributed by atoms with Crippen molar-refractivity contribution in [1.29, 1.82) is 0 Å². The van der Waals surface area contributed by atoms with E-state index in [2.05, 4.69) is 105 Å². The molecule has 0 spiro atoms. The molecular weight excluding hydrogens is 446 g/mol. The first kappa shape index (κ1) is 23.6. The molecule has 6 nitrogen and oxygen atoms in total. The Kier molecular flexibility index (Phi) is 6.99. The van der Waals surface area contributed by atoms with E-state index in [4.69, 9.17) is 4.84 Å². The number of hydrogen-bond donors (Lipinski definition) is 0. The van der Waals surface area contributed by atoms with Crippen molar-refractivity contribution in [1.82, 2.24) is 14.9 Å². The van der Waals surface area contributed by atoms with Gasteiger partial charge < -0.3 is 14.7 Å². The maximum atomic E-state index is 6.17. The van der Waals surface area contributed by atoms with Crippen LogP contribution in [-0.2, 0) is 4.84 Å². The third-order valence-electron chi connectivity index (χ3n) is 8.31. The van der Waals surface area contributed by atoms with E-state index < -0.39 is 0 Å². The number of hydroxylamine groups is 2. The number of rotatable bonds is 5. The molecule has 4 aliphatic rings. The zero-order valence-corrected chi connectivity index (χ0v) is 21.5. The fraction of sp³-hybridized carbons (Fsp3) is 0.467. The molecule has 190 valence electrons. The topological polar surface area (TPSA) is 25.4 Å². The van der Waals surface area contributed by atoms with Crippen molar-refractivity contribution in [2.75, 3.05) is 69.3 Å². The molecule has 6 rings (SSSR count). The van der Waals surface area contributed by atoms with Gasteiger partial charge in [-0.3, -0.25) is 9.74 Å². The van der Waals surface area contributed by atoms with Crippen LogP contribution < -0.4 is 9.80 Å². The van der Waals surface area contributed by atoms with Crippen LogP contribution in [0.15, 0.2) is 78.6 Å². The Morgan fingerprint density at radius 3 is 2.25 bits per heavy atom. The summed E-state index contributed by atoms with van der Waals surface area (Å²) in [5.41, 5.74) is 3.86. The molecule has 0 aromatic heterocycles. The van der Waals surface area contributed by atoms with Gasteiger partial charge in [0.15, 0.2) is 0 Å². The first-order valence-electron chi connectivity index (χ1n) is 13.7. The summed E-state index contributed by atoms with van der Waals surface area (Å²) in [7, 11) is 2.24. The number of hydrogen-bond acceptors (Lipinski definition) is 6. The third kappa shape index (κ3) is 4.90. The summed E-state index contributed by atoms with van der Waals surface area (Å²) in [6, 6.07) is 20.9. The second kappa shape index (κ2) is 10.7. The van der Waals surface area contributed by atoms with Crippen LogP contribution in [0.2, 0.25) is 0 Å². The lowest BCUT2D eigenvalue weighted by molar-refractivity contribution is -0.104. The molecule has 0 aliphatic carbocycles. The van der Waals surface area contributed by atoms with Gasteiger partial charge in [0.2, 0.25) is 0 Å². The average molecular weight is 486 g/mol. The number of piperazine rings is 1. The fourth-order valence-electron chi connectivity index (χ4n) is 6.13. The summed E-state index contributed by atoms with van der Waals surface area (Å²) in [4.78, 5) is 16.3. The van der Waals surface area contributed by atoms with Crippen molar-refractivity contribution >= 4 is 11.4 Å². The standard InChI is InChI=1S/C30H39N5O/c1-31-20-22-33(23-21-31)27-14-18-32(19-15-27)26-10-12-28(13-11-26)34-17-6-5-9-30(34)35-29(16-24-36-35)25-7-3-2-4-8-25/h2-13,27,29H,14-24H2,1H3/t29-/m1/s1. The Bertz CT molecular complexity index is 1050. The second-order valence-corrected chi connectivity index (χ2v) is 10.5. The first-order chi connectivity index (χ1) is 17.8. The smallest absolute Gasteiger partial charge is 0.134 e. The lowest BCUT2D eigenvalue weighted by Gasteiger charge is -2.42. The summed E-state index contributed by atoms with van der Waals surface area (Å²) in [6.45, 7) is 8.75. The number of nitrogens with zero attached hydrogens (tertiary/aromatic N) is 5. The minimum Gasteiger partial charge on any atom is -0.371 e. The molecule has 1 atom stereocenters. The van der Waals surface area contributed by atoms with Gasteiger partial charge in [-0.2, -0.15) is 0 Å². The van der Waals surface area contributed by atoms with Gasteiger partial charge in [0.1, 0.15) is 5.82 Å². The molecule has 2 aromatic rings. The average Bonchev–Trinajstić information content (AvgIpc) is 3.44. The Balaban J connectivity index is 1.11. The zero-order valence-electron chi connectivity index (χ0n) is 21.5. The molecule has 0 bridgehead atoms. The van der Waals surface area contributed by atoms with Gasteiger partial charge >= 0.3 is 0 Å². The van der Waals surface area contributed by atoms with Gasteiger partial charge in [-0.15, -0.1) is 0 Å². The van der Waals surface area contributed by atoms with Crippen LogP contribution in [0.3, 0.4) is 0 Å². The van der Waals surface area contributed by atoms with Crippen LogP contribution in [0, 0.1) is 0 Å². The van der Waals surface area contributed by atoms with E-state index in [0.29, 0.717) is 0 Å². The van der Waals surface area contributed by atoms with Crippen molar-refractivity contribution in [3.63, 3.8) is 0 Å². The molecular formula is C30H39N5O. The van der Waals surface area contributed by atoms with Gasteiger partial charge in [-0.05, 0) is 55.8 Å². The predicted molar refractivity (Wildman–Crippen MR) is 147 cm³/mol. The number of likely N-dealkylation sites (N-methyl/N-ethyl adjacent to an activating group) is 1. The molecule has 0 radical (unpaired) electrons. The van der Waals surface area contributed by atoms with Crippen molar-refractivity contribution in [2.24, 2.45) is 0 Å². The predicted octanol–water partition coefficient (Wildman–Crippen LogP) is 4.50. The SMILES string of the molecule is CN1CCN(C2CCN(c3ccc(N4CC=CC=C4N4OCC[C@@H]4c4ccccc4)cc3)CC2)CC1. The van der Waals surface area contributed by atoms with Gasteiger partial charge in [-0.25, -0.2) is 5.06 Å². The molecule has 0 unspecified atom stereocenters. The number of piperidine rings is 1. The summed E-state index contributed by atoms with van der Waals surface area (Å²) in [5.74, 6) is 1.12. The molecule has 3 saturated heterocycles. The van der Waals surface area contributed by atoms with Crippen LogP contribution in [0.25, 0.3) is 0 Å². The molecule has 2 aromatic carbocycles. The maximum Gasteiger partial charge on any atom is 0.134 e. The van der Waals surface area contributed by atoms with Crippen molar-refractivity contribution < 1.29 is 4.84 Å². The molecule has 0 amide bonds. The summed E-state index contributed by atoms with van der Waals surface area (Å²) in [5, 5.41) is 2.12. The van der Waals surface area contributed by atoms with E-state index in [1.165, 1.54) is 56.0 Å².